The minimum atomic E-state index is -0.253. The lowest BCUT2D eigenvalue weighted by molar-refractivity contribution is 0.562. The number of rotatable bonds is 4. The molecule has 2 atom stereocenters. The average molecular weight is 407 g/mol. The van der Waals surface area contributed by atoms with Gasteiger partial charge in [-0.2, -0.15) is 0 Å². The van der Waals surface area contributed by atoms with Crippen LogP contribution in [0.3, 0.4) is 0 Å². The Morgan fingerprint density at radius 1 is 1.10 bits per heavy atom. The number of aromatic nitrogens is 2. The molecule has 148 valence electrons. The molecule has 0 bridgehead atoms. The van der Waals surface area contributed by atoms with Crippen LogP contribution in [0.25, 0.3) is 0 Å². The van der Waals surface area contributed by atoms with Crippen LogP contribution in [0.4, 0.5) is 10.1 Å². The first-order valence-electron chi connectivity index (χ1n) is 9.99. The van der Waals surface area contributed by atoms with Crippen molar-refractivity contribution < 1.29 is 4.39 Å². The molecule has 5 rings (SSSR count). The Bertz CT molecular complexity index is 1060. The van der Waals surface area contributed by atoms with Crippen molar-refractivity contribution in [3.63, 3.8) is 0 Å². The van der Waals surface area contributed by atoms with E-state index >= 15 is 0 Å². The van der Waals surface area contributed by atoms with Gasteiger partial charge in [-0.05, 0) is 86.9 Å². The summed E-state index contributed by atoms with van der Waals surface area (Å²) in [5.74, 6) is -0.253. The van der Waals surface area contributed by atoms with Gasteiger partial charge in [-0.15, -0.1) is 0 Å². The zero-order chi connectivity index (χ0) is 20.1. The van der Waals surface area contributed by atoms with Crippen LogP contribution in [-0.2, 0) is 0 Å². The van der Waals surface area contributed by atoms with Gasteiger partial charge in [0.25, 0.3) is 0 Å². The van der Waals surface area contributed by atoms with Gasteiger partial charge in [-0.1, -0.05) is 6.07 Å². The number of benzene rings is 1. The molecule has 1 N–H and O–H groups in total. The monoisotopic (exact) mass is 406 g/mol. The Kier molecular flexibility index (Phi) is 4.39. The SMILES string of the molecule is Cc1cc([C@@H]2[C@H](c3ccccn3)NC(=S)N2c2ccc(F)cc2)c(C)n1C1CC1. The van der Waals surface area contributed by atoms with Gasteiger partial charge < -0.3 is 14.8 Å². The van der Waals surface area contributed by atoms with E-state index in [4.69, 9.17) is 12.2 Å². The Morgan fingerprint density at radius 3 is 2.52 bits per heavy atom. The summed E-state index contributed by atoms with van der Waals surface area (Å²) in [6.45, 7) is 4.37. The normalized spacial score (nSPS) is 21.5. The summed E-state index contributed by atoms with van der Waals surface area (Å²) >= 11 is 5.74. The smallest absolute Gasteiger partial charge is 0.174 e. The topological polar surface area (TPSA) is 33.1 Å². The highest BCUT2D eigenvalue weighted by Crippen LogP contribution is 2.46. The highest BCUT2D eigenvalue weighted by molar-refractivity contribution is 7.80. The van der Waals surface area contributed by atoms with Gasteiger partial charge in [-0.25, -0.2) is 4.39 Å². The van der Waals surface area contributed by atoms with Crippen molar-refractivity contribution >= 4 is 23.0 Å². The number of aryl methyl sites for hydroxylation is 1. The molecule has 1 aromatic carbocycles. The van der Waals surface area contributed by atoms with Crippen molar-refractivity contribution in [3.8, 4) is 0 Å². The number of anilines is 1. The molecule has 2 aliphatic rings. The van der Waals surface area contributed by atoms with Crippen LogP contribution in [0.15, 0.2) is 54.7 Å². The lowest BCUT2D eigenvalue weighted by Crippen LogP contribution is -2.29. The van der Waals surface area contributed by atoms with Crippen molar-refractivity contribution in [1.82, 2.24) is 14.9 Å². The van der Waals surface area contributed by atoms with E-state index in [0.29, 0.717) is 11.2 Å². The number of halogens is 1. The maximum Gasteiger partial charge on any atom is 0.174 e. The Morgan fingerprint density at radius 2 is 1.86 bits per heavy atom. The summed E-state index contributed by atoms with van der Waals surface area (Å²) in [4.78, 5) is 6.71. The summed E-state index contributed by atoms with van der Waals surface area (Å²) in [7, 11) is 0. The fraction of sp³-hybridized carbons (Fsp3) is 0.304. The summed E-state index contributed by atoms with van der Waals surface area (Å²) in [6.07, 6.45) is 4.29. The average Bonchev–Trinajstić information content (AvgIpc) is 3.43. The molecule has 0 spiro atoms. The highest BCUT2D eigenvalue weighted by Gasteiger charge is 2.42. The van der Waals surface area contributed by atoms with Crippen LogP contribution < -0.4 is 10.2 Å². The van der Waals surface area contributed by atoms with E-state index in [0.717, 1.165) is 11.4 Å². The summed E-state index contributed by atoms with van der Waals surface area (Å²) in [6, 6.07) is 15.2. The van der Waals surface area contributed by atoms with Crippen LogP contribution >= 0.6 is 12.2 Å². The fourth-order valence-corrected chi connectivity index (χ4v) is 4.89. The van der Waals surface area contributed by atoms with E-state index in [1.165, 1.54) is 41.9 Å². The lowest BCUT2D eigenvalue weighted by Gasteiger charge is -2.28. The first kappa shape index (κ1) is 18.3. The van der Waals surface area contributed by atoms with Gasteiger partial charge >= 0.3 is 0 Å². The van der Waals surface area contributed by atoms with Gasteiger partial charge in [-0.3, -0.25) is 4.98 Å². The minimum absolute atomic E-state index is 0.0541. The van der Waals surface area contributed by atoms with Gasteiger partial charge in [0.15, 0.2) is 5.11 Å². The number of nitrogens with one attached hydrogen (secondary N) is 1. The number of hydrogen-bond acceptors (Lipinski definition) is 2. The molecule has 0 unspecified atom stereocenters. The molecule has 0 radical (unpaired) electrons. The Balaban J connectivity index is 1.66. The standard InChI is InChI=1S/C23H23FN4S/c1-14-13-19(15(2)27(14)17-10-11-17)22-21(20-5-3-4-12-25-20)26-23(29)28(22)18-8-6-16(24)7-9-18/h3-9,12-13,17,21-22H,10-11H2,1-2H3,(H,26,29)/t21-,22+/m0/s1. The van der Waals surface area contributed by atoms with E-state index in [9.17, 15) is 4.39 Å². The van der Waals surface area contributed by atoms with E-state index in [1.807, 2.05) is 24.4 Å². The fourth-order valence-electron chi connectivity index (χ4n) is 4.55. The largest absolute Gasteiger partial charge is 0.351 e. The molecule has 6 heteroatoms. The van der Waals surface area contributed by atoms with Crippen molar-refractivity contribution in [2.75, 3.05) is 4.90 Å². The molecule has 1 aliphatic heterocycles. The summed E-state index contributed by atoms with van der Waals surface area (Å²) in [5.41, 5.74) is 5.61. The molecule has 29 heavy (non-hydrogen) atoms. The second-order valence-corrected chi connectivity index (χ2v) is 8.29. The maximum absolute atomic E-state index is 13.6. The molecular weight excluding hydrogens is 383 g/mol. The molecule has 0 amide bonds. The molecule has 4 nitrogen and oxygen atoms in total. The second kappa shape index (κ2) is 6.95. The number of thiocarbonyl (C=S) groups is 1. The Labute approximate surface area is 175 Å². The zero-order valence-corrected chi connectivity index (χ0v) is 17.3. The van der Waals surface area contributed by atoms with Crippen LogP contribution in [0.2, 0.25) is 0 Å². The predicted octanol–water partition coefficient (Wildman–Crippen LogP) is 5.15. The number of nitrogens with zero attached hydrogens (tertiary/aromatic N) is 3. The summed E-state index contributed by atoms with van der Waals surface area (Å²) < 4.78 is 16.0. The summed E-state index contributed by atoms with van der Waals surface area (Å²) in [5, 5.41) is 4.11. The van der Waals surface area contributed by atoms with Gasteiger partial charge in [0.05, 0.1) is 17.8 Å². The van der Waals surface area contributed by atoms with Crippen molar-refractivity contribution in [1.29, 1.82) is 0 Å². The molecule has 3 heterocycles. The maximum atomic E-state index is 13.6. The first-order chi connectivity index (χ1) is 14.0. The van der Waals surface area contributed by atoms with Crippen molar-refractivity contribution in [2.45, 2.75) is 44.8 Å². The van der Waals surface area contributed by atoms with E-state index in [-0.39, 0.29) is 17.9 Å². The van der Waals surface area contributed by atoms with Crippen molar-refractivity contribution in [3.05, 3.63) is 83.2 Å². The van der Waals surface area contributed by atoms with Gasteiger partial charge in [0.1, 0.15) is 5.82 Å². The highest BCUT2D eigenvalue weighted by atomic mass is 32.1. The van der Waals surface area contributed by atoms with Crippen LogP contribution in [0.5, 0.6) is 0 Å². The third-order valence-corrected chi connectivity index (χ3v) is 6.27. The molecule has 3 aromatic rings. The molecule has 1 saturated heterocycles. The van der Waals surface area contributed by atoms with E-state index < -0.39 is 0 Å². The molecule has 2 aromatic heterocycles. The number of hydrogen-bond donors (Lipinski definition) is 1. The van der Waals surface area contributed by atoms with Crippen molar-refractivity contribution in [2.24, 2.45) is 0 Å². The number of pyridine rings is 1. The van der Waals surface area contributed by atoms with Gasteiger partial charge in [0, 0.05) is 29.3 Å². The zero-order valence-electron chi connectivity index (χ0n) is 16.5. The van der Waals surface area contributed by atoms with E-state index in [2.05, 4.69) is 39.7 Å². The van der Waals surface area contributed by atoms with Crippen LogP contribution in [-0.4, -0.2) is 14.7 Å². The van der Waals surface area contributed by atoms with Crippen LogP contribution in [0, 0.1) is 19.7 Å². The third kappa shape index (κ3) is 3.12. The quantitative estimate of drug-likeness (QED) is 0.608. The minimum Gasteiger partial charge on any atom is -0.351 e. The van der Waals surface area contributed by atoms with Crippen LogP contribution in [0.1, 0.15) is 53.6 Å². The molecular formula is C23H23FN4S. The third-order valence-electron chi connectivity index (χ3n) is 5.96. The molecule has 1 aliphatic carbocycles. The molecule has 2 fully saturated rings. The predicted molar refractivity (Wildman–Crippen MR) is 117 cm³/mol. The second-order valence-electron chi connectivity index (χ2n) is 7.90. The van der Waals surface area contributed by atoms with Gasteiger partial charge in [0.2, 0.25) is 0 Å². The molecule has 1 saturated carbocycles. The van der Waals surface area contributed by atoms with E-state index in [1.54, 1.807) is 12.1 Å². The Hall–Kier alpha value is -2.73. The first-order valence-corrected chi connectivity index (χ1v) is 10.4. The lowest BCUT2D eigenvalue weighted by atomic mass is 9.96.